The summed E-state index contributed by atoms with van der Waals surface area (Å²) in [6.45, 7) is 9.13. The van der Waals surface area contributed by atoms with Gasteiger partial charge in [0.05, 0.1) is 13.3 Å². The first kappa shape index (κ1) is 21.4. The van der Waals surface area contributed by atoms with Gasteiger partial charge in [0, 0.05) is 32.7 Å². The molecule has 9 nitrogen and oxygen atoms in total. The van der Waals surface area contributed by atoms with E-state index in [4.69, 9.17) is 14.2 Å². The van der Waals surface area contributed by atoms with Crippen molar-refractivity contribution < 1.29 is 19.0 Å². The summed E-state index contributed by atoms with van der Waals surface area (Å²) in [4.78, 5) is 16.7. The number of benzene rings is 1. The van der Waals surface area contributed by atoms with E-state index >= 15 is 0 Å². The van der Waals surface area contributed by atoms with Gasteiger partial charge < -0.3 is 19.1 Å². The van der Waals surface area contributed by atoms with Crippen LogP contribution in [0.5, 0.6) is 17.2 Å². The van der Waals surface area contributed by atoms with Crippen LogP contribution in [0.4, 0.5) is 0 Å². The lowest BCUT2D eigenvalue weighted by Crippen LogP contribution is -2.36. The van der Waals surface area contributed by atoms with Gasteiger partial charge in [0.2, 0.25) is 12.5 Å². The van der Waals surface area contributed by atoms with Crippen molar-refractivity contribution >= 4 is 5.91 Å². The Kier molecular flexibility index (Phi) is 6.60. The molecule has 1 aromatic carbocycles. The van der Waals surface area contributed by atoms with Crippen molar-refractivity contribution in [3.05, 3.63) is 29.6 Å². The second-order valence-corrected chi connectivity index (χ2v) is 8.08. The van der Waals surface area contributed by atoms with Crippen LogP contribution in [0, 0.1) is 5.92 Å². The monoisotopic (exact) mass is 429 g/mol. The normalized spacial score (nSPS) is 18.2. The molecule has 1 amide bonds. The van der Waals surface area contributed by atoms with Gasteiger partial charge in [0.1, 0.15) is 0 Å². The lowest BCUT2D eigenvalue weighted by Gasteiger charge is -2.32. The molecule has 1 fully saturated rings. The Morgan fingerprint density at radius 3 is 2.90 bits per heavy atom. The number of rotatable bonds is 8. The molecule has 31 heavy (non-hydrogen) atoms. The number of likely N-dealkylation sites (tertiary alicyclic amines) is 1. The van der Waals surface area contributed by atoms with Crippen molar-refractivity contribution in [3.63, 3.8) is 0 Å². The van der Waals surface area contributed by atoms with Gasteiger partial charge in [-0.05, 0) is 56.8 Å². The third kappa shape index (κ3) is 4.76. The van der Waals surface area contributed by atoms with Gasteiger partial charge >= 0.3 is 0 Å². The van der Waals surface area contributed by atoms with E-state index in [1.807, 2.05) is 30.7 Å². The van der Waals surface area contributed by atoms with E-state index in [-0.39, 0.29) is 12.7 Å². The minimum Gasteiger partial charge on any atom is -0.493 e. The Hall–Kier alpha value is -2.81. The summed E-state index contributed by atoms with van der Waals surface area (Å²) in [7, 11) is 1.65. The maximum Gasteiger partial charge on any atom is 0.276 e. The summed E-state index contributed by atoms with van der Waals surface area (Å²) in [5.74, 6) is 2.55. The predicted molar refractivity (Wildman–Crippen MR) is 114 cm³/mol. The first-order valence-electron chi connectivity index (χ1n) is 11.0. The summed E-state index contributed by atoms with van der Waals surface area (Å²) in [5, 5.41) is 8.31. The Balaban J connectivity index is 1.37. The zero-order valence-electron chi connectivity index (χ0n) is 18.5. The van der Waals surface area contributed by atoms with Crippen LogP contribution < -0.4 is 14.2 Å². The van der Waals surface area contributed by atoms with Gasteiger partial charge in [-0.3, -0.25) is 14.4 Å². The predicted octanol–water partition coefficient (Wildman–Crippen LogP) is 2.41. The first-order valence-corrected chi connectivity index (χ1v) is 11.0. The Morgan fingerprint density at radius 1 is 1.29 bits per heavy atom. The number of methoxy groups -OCH3 is 1. The van der Waals surface area contributed by atoms with Gasteiger partial charge in [-0.25, -0.2) is 0 Å². The molecule has 0 saturated carbocycles. The van der Waals surface area contributed by atoms with E-state index in [0.29, 0.717) is 36.2 Å². The zero-order chi connectivity index (χ0) is 21.8. The molecule has 2 aromatic rings. The minimum absolute atomic E-state index is 0.0572. The van der Waals surface area contributed by atoms with Crippen molar-refractivity contribution in [2.24, 2.45) is 5.92 Å². The van der Waals surface area contributed by atoms with Crippen LogP contribution >= 0.6 is 0 Å². The van der Waals surface area contributed by atoms with Gasteiger partial charge in [-0.2, -0.15) is 0 Å². The smallest absolute Gasteiger partial charge is 0.276 e. The van der Waals surface area contributed by atoms with E-state index in [1.54, 1.807) is 18.2 Å². The van der Waals surface area contributed by atoms with Crippen LogP contribution in [0.3, 0.4) is 0 Å². The maximum absolute atomic E-state index is 12.5. The van der Waals surface area contributed by atoms with Crippen LogP contribution in [-0.4, -0.2) is 70.8 Å². The SMILES string of the molecule is CCN(CC)C(=O)c1cn(C[C@@H]2CCCN(Cc3cc(OC)c4c(c3)OCO4)C2)nn1. The van der Waals surface area contributed by atoms with Crippen LogP contribution in [0.15, 0.2) is 18.3 Å². The molecule has 0 aliphatic carbocycles. The van der Waals surface area contributed by atoms with E-state index in [0.717, 1.165) is 50.3 Å². The molecule has 1 saturated heterocycles. The van der Waals surface area contributed by atoms with Crippen molar-refractivity contribution in [3.8, 4) is 17.2 Å². The van der Waals surface area contributed by atoms with Crippen LogP contribution in [0.1, 0.15) is 42.7 Å². The molecule has 3 heterocycles. The fraction of sp³-hybridized carbons (Fsp3) is 0.591. The number of carbonyl (C=O) groups is 1. The van der Waals surface area contributed by atoms with E-state index < -0.39 is 0 Å². The van der Waals surface area contributed by atoms with E-state index in [1.165, 1.54) is 0 Å². The largest absolute Gasteiger partial charge is 0.493 e. The molecule has 0 bridgehead atoms. The molecular formula is C22H31N5O4. The number of ether oxygens (including phenoxy) is 3. The Bertz CT molecular complexity index is 911. The fourth-order valence-corrected chi connectivity index (χ4v) is 4.40. The number of piperidine rings is 1. The minimum atomic E-state index is -0.0572. The highest BCUT2D eigenvalue weighted by Crippen LogP contribution is 2.42. The van der Waals surface area contributed by atoms with E-state index in [9.17, 15) is 4.79 Å². The zero-order valence-corrected chi connectivity index (χ0v) is 18.5. The Labute approximate surface area is 182 Å². The van der Waals surface area contributed by atoms with E-state index in [2.05, 4.69) is 15.2 Å². The molecule has 0 radical (unpaired) electrons. The number of carbonyl (C=O) groups excluding carboxylic acids is 1. The van der Waals surface area contributed by atoms with Crippen molar-refractivity contribution in [1.82, 2.24) is 24.8 Å². The molecule has 0 spiro atoms. The summed E-state index contributed by atoms with van der Waals surface area (Å²) < 4.78 is 18.3. The lowest BCUT2D eigenvalue weighted by atomic mass is 9.97. The Morgan fingerprint density at radius 2 is 2.13 bits per heavy atom. The summed E-state index contributed by atoms with van der Waals surface area (Å²) in [5.41, 5.74) is 1.57. The fourth-order valence-electron chi connectivity index (χ4n) is 4.40. The molecule has 4 rings (SSSR count). The molecule has 168 valence electrons. The second-order valence-electron chi connectivity index (χ2n) is 8.08. The van der Waals surface area contributed by atoms with Gasteiger partial charge in [-0.1, -0.05) is 5.21 Å². The molecule has 1 aromatic heterocycles. The summed E-state index contributed by atoms with van der Waals surface area (Å²) in [6.07, 6.45) is 4.05. The van der Waals surface area contributed by atoms with Crippen LogP contribution in [0.2, 0.25) is 0 Å². The highest BCUT2D eigenvalue weighted by Gasteiger charge is 2.24. The molecule has 2 aliphatic rings. The standard InChI is InChI=1S/C22H31N5O4/c1-4-26(5-2)22(28)18-14-27(24-23-18)13-16-7-6-8-25(11-16)12-17-9-19(29-3)21-20(10-17)30-15-31-21/h9-10,14,16H,4-8,11-13,15H2,1-3H3/t16-/m1/s1. The van der Waals surface area contributed by atoms with Crippen molar-refractivity contribution in [2.45, 2.75) is 39.8 Å². The van der Waals surface area contributed by atoms with Crippen molar-refractivity contribution in [1.29, 1.82) is 0 Å². The van der Waals surface area contributed by atoms with Gasteiger partial charge in [0.15, 0.2) is 17.2 Å². The number of hydrogen-bond acceptors (Lipinski definition) is 7. The average Bonchev–Trinajstić information content (AvgIpc) is 3.44. The number of amides is 1. The highest BCUT2D eigenvalue weighted by molar-refractivity contribution is 5.91. The summed E-state index contributed by atoms with van der Waals surface area (Å²) >= 11 is 0. The molecular weight excluding hydrogens is 398 g/mol. The van der Waals surface area contributed by atoms with Crippen LogP contribution in [-0.2, 0) is 13.1 Å². The first-order chi connectivity index (χ1) is 15.1. The number of hydrogen-bond donors (Lipinski definition) is 0. The third-order valence-corrected chi connectivity index (χ3v) is 5.98. The van der Waals surface area contributed by atoms with Crippen LogP contribution in [0.25, 0.3) is 0 Å². The van der Waals surface area contributed by atoms with Crippen molar-refractivity contribution in [2.75, 3.05) is 40.1 Å². The average molecular weight is 430 g/mol. The topological polar surface area (TPSA) is 82.0 Å². The maximum atomic E-state index is 12.5. The molecule has 1 atom stereocenters. The number of fused-ring (bicyclic) bond motifs is 1. The van der Waals surface area contributed by atoms with Gasteiger partial charge in [0.25, 0.3) is 5.91 Å². The quantitative estimate of drug-likeness (QED) is 0.637. The lowest BCUT2D eigenvalue weighted by molar-refractivity contribution is 0.0767. The number of nitrogens with zero attached hydrogens (tertiary/aromatic N) is 5. The third-order valence-electron chi connectivity index (χ3n) is 5.98. The molecule has 0 unspecified atom stereocenters. The second kappa shape index (κ2) is 9.55. The molecule has 9 heteroatoms. The molecule has 0 N–H and O–H groups in total. The highest BCUT2D eigenvalue weighted by atomic mass is 16.7. The van der Waals surface area contributed by atoms with Gasteiger partial charge in [-0.15, -0.1) is 5.10 Å². The molecule has 2 aliphatic heterocycles. The summed E-state index contributed by atoms with van der Waals surface area (Å²) in [6, 6.07) is 4.07. The number of aromatic nitrogens is 3.